The van der Waals surface area contributed by atoms with Gasteiger partial charge in [0.05, 0.1) is 0 Å². The van der Waals surface area contributed by atoms with Gasteiger partial charge >= 0.3 is 12.1 Å². The third-order valence-corrected chi connectivity index (χ3v) is 8.43. The molecule has 0 radical (unpaired) electrons. The van der Waals surface area contributed by atoms with E-state index in [4.69, 9.17) is 9.16 Å². The van der Waals surface area contributed by atoms with E-state index in [9.17, 15) is 14.7 Å². The molecule has 0 bridgehead atoms. The normalized spacial score (nSPS) is 14.3. The Balaban J connectivity index is 4.37. The van der Waals surface area contributed by atoms with Crippen molar-refractivity contribution < 1.29 is 23.9 Å². The molecule has 0 rings (SSSR count). The maximum absolute atomic E-state index is 11.7. The molecule has 2 N–H and O–H groups in total. The van der Waals surface area contributed by atoms with Crippen LogP contribution in [0.1, 0.15) is 54.4 Å². The van der Waals surface area contributed by atoms with Crippen LogP contribution in [0.3, 0.4) is 0 Å². The maximum atomic E-state index is 11.7. The Morgan fingerprint density at radius 1 is 1.13 bits per heavy atom. The fourth-order valence-electron chi connectivity index (χ4n) is 1.54. The number of carbonyl (C=O) groups excluding carboxylic acids is 1. The third kappa shape index (κ3) is 8.95. The van der Waals surface area contributed by atoms with Crippen LogP contribution in [0.4, 0.5) is 4.79 Å². The summed E-state index contributed by atoms with van der Waals surface area (Å²) in [5.41, 5.74) is -0.654. The van der Waals surface area contributed by atoms with Crippen LogP contribution in [0.2, 0.25) is 18.1 Å². The van der Waals surface area contributed by atoms with Crippen molar-refractivity contribution in [1.82, 2.24) is 5.32 Å². The number of ether oxygens (including phenoxy) is 1. The Labute approximate surface area is 141 Å². The van der Waals surface area contributed by atoms with Gasteiger partial charge < -0.3 is 19.6 Å². The first-order chi connectivity index (χ1) is 10.2. The van der Waals surface area contributed by atoms with E-state index in [2.05, 4.69) is 39.2 Å². The molecule has 0 spiro atoms. The topological polar surface area (TPSA) is 84.9 Å². The molecule has 1 atom stereocenters. The van der Waals surface area contributed by atoms with Crippen LogP contribution < -0.4 is 5.32 Å². The van der Waals surface area contributed by atoms with E-state index in [1.165, 1.54) is 0 Å². The largest absolute Gasteiger partial charge is 0.480 e. The highest BCUT2D eigenvalue weighted by atomic mass is 28.4. The van der Waals surface area contributed by atoms with E-state index in [0.717, 1.165) is 0 Å². The van der Waals surface area contributed by atoms with E-state index in [1.54, 1.807) is 20.8 Å². The van der Waals surface area contributed by atoms with Crippen LogP contribution in [-0.2, 0) is 14.0 Å². The lowest BCUT2D eigenvalue weighted by Gasteiger charge is -2.36. The maximum Gasteiger partial charge on any atom is 0.408 e. The number of hydrogen-bond donors (Lipinski definition) is 2. The molecule has 0 heterocycles. The highest BCUT2D eigenvalue weighted by Crippen LogP contribution is 2.36. The summed E-state index contributed by atoms with van der Waals surface area (Å²) in [6, 6.07) is -0.965. The van der Waals surface area contributed by atoms with Gasteiger partial charge in [0.25, 0.3) is 0 Å². The lowest BCUT2D eigenvalue weighted by Crippen LogP contribution is -2.44. The molecule has 23 heavy (non-hydrogen) atoms. The highest BCUT2D eigenvalue weighted by molar-refractivity contribution is 6.74. The molecule has 0 saturated carbocycles. The van der Waals surface area contributed by atoms with Crippen LogP contribution in [-0.4, -0.2) is 43.7 Å². The average molecular weight is 348 g/mol. The standard InChI is InChI=1S/C16H33NO5Si/c1-15(2,3)22-14(20)17-12(13(18)19)10-9-11-21-23(7,8)16(4,5)6/h12H,9-11H2,1-8H3,(H,17,20)(H,18,19)/t12-/m1/s1. The number of hydrogen-bond acceptors (Lipinski definition) is 4. The van der Waals surface area contributed by atoms with Gasteiger partial charge in [-0.1, -0.05) is 20.8 Å². The Bertz CT molecular complexity index is 410. The summed E-state index contributed by atoms with van der Waals surface area (Å²) in [6.45, 7) is 16.5. The van der Waals surface area contributed by atoms with Crippen LogP contribution >= 0.6 is 0 Å². The molecular formula is C16H33NO5Si. The van der Waals surface area contributed by atoms with E-state index in [1.807, 2.05) is 0 Å². The predicted molar refractivity (Wildman–Crippen MR) is 93.2 cm³/mol. The number of alkyl carbamates (subject to hydrolysis) is 1. The van der Waals surface area contributed by atoms with Crippen molar-refractivity contribution in [3.05, 3.63) is 0 Å². The minimum atomic E-state index is -1.83. The molecular weight excluding hydrogens is 314 g/mol. The molecule has 1 amide bonds. The van der Waals surface area contributed by atoms with Crippen molar-refractivity contribution in [1.29, 1.82) is 0 Å². The van der Waals surface area contributed by atoms with Crippen molar-refractivity contribution >= 4 is 20.4 Å². The van der Waals surface area contributed by atoms with Gasteiger partial charge in [-0.15, -0.1) is 0 Å². The second-order valence-electron chi connectivity index (χ2n) is 8.29. The number of amides is 1. The Hall–Kier alpha value is -1.08. The SMILES string of the molecule is CC(C)(C)OC(=O)N[C@H](CCCO[Si](C)(C)C(C)(C)C)C(=O)O. The third-order valence-electron chi connectivity index (χ3n) is 3.90. The highest BCUT2D eigenvalue weighted by Gasteiger charge is 2.37. The minimum Gasteiger partial charge on any atom is -0.480 e. The van der Waals surface area contributed by atoms with E-state index in [-0.39, 0.29) is 5.04 Å². The smallest absolute Gasteiger partial charge is 0.408 e. The lowest BCUT2D eigenvalue weighted by molar-refractivity contribution is -0.139. The second kappa shape index (κ2) is 8.15. The van der Waals surface area contributed by atoms with Gasteiger partial charge in [-0.05, 0) is 51.7 Å². The van der Waals surface area contributed by atoms with Crippen LogP contribution in [0.15, 0.2) is 0 Å². The van der Waals surface area contributed by atoms with E-state index < -0.39 is 32.0 Å². The fraction of sp³-hybridized carbons (Fsp3) is 0.875. The molecule has 0 saturated heterocycles. The van der Waals surface area contributed by atoms with Crippen molar-refractivity contribution in [2.45, 2.75) is 84.2 Å². The molecule has 0 aromatic rings. The minimum absolute atomic E-state index is 0.119. The molecule has 0 fully saturated rings. The zero-order valence-corrected chi connectivity index (χ0v) is 16.8. The van der Waals surface area contributed by atoms with Gasteiger partial charge in [-0.3, -0.25) is 0 Å². The Morgan fingerprint density at radius 3 is 2.04 bits per heavy atom. The van der Waals surface area contributed by atoms with Crippen molar-refractivity contribution in [3.63, 3.8) is 0 Å². The van der Waals surface area contributed by atoms with Gasteiger partial charge in [0.2, 0.25) is 0 Å². The zero-order valence-electron chi connectivity index (χ0n) is 15.8. The summed E-state index contributed by atoms with van der Waals surface area (Å²) in [6.07, 6.45) is 0.165. The predicted octanol–water partition coefficient (Wildman–Crippen LogP) is 3.77. The molecule has 7 heteroatoms. The van der Waals surface area contributed by atoms with Gasteiger partial charge in [0, 0.05) is 6.61 Å². The fourth-order valence-corrected chi connectivity index (χ4v) is 2.63. The number of carbonyl (C=O) groups is 2. The second-order valence-corrected chi connectivity index (χ2v) is 13.1. The Morgan fingerprint density at radius 2 is 1.65 bits per heavy atom. The number of rotatable bonds is 7. The van der Waals surface area contributed by atoms with Gasteiger partial charge in [0.15, 0.2) is 8.32 Å². The van der Waals surface area contributed by atoms with Crippen LogP contribution in [0, 0.1) is 0 Å². The summed E-state index contributed by atoms with van der Waals surface area (Å²) >= 11 is 0. The van der Waals surface area contributed by atoms with Crippen molar-refractivity contribution in [2.24, 2.45) is 0 Å². The molecule has 136 valence electrons. The van der Waals surface area contributed by atoms with Gasteiger partial charge in [-0.2, -0.15) is 0 Å². The monoisotopic (exact) mass is 347 g/mol. The summed E-state index contributed by atoms with van der Waals surface area (Å²) in [7, 11) is -1.83. The van der Waals surface area contributed by atoms with E-state index in [0.29, 0.717) is 19.4 Å². The number of nitrogens with one attached hydrogen (secondary N) is 1. The van der Waals surface area contributed by atoms with Crippen molar-refractivity contribution in [2.75, 3.05) is 6.61 Å². The quantitative estimate of drug-likeness (QED) is 0.541. The molecule has 0 unspecified atom stereocenters. The van der Waals surface area contributed by atoms with Gasteiger partial charge in [0.1, 0.15) is 11.6 Å². The zero-order chi connectivity index (χ0) is 18.5. The average Bonchev–Trinajstić information content (AvgIpc) is 2.28. The molecule has 0 aliphatic heterocycles. The van der Waals surface area contributed by atoms with Crippen molar-refractivity contribution in [3.8, 4) is 0 Å². The molecule has 0 aliphatic rings. The first-order valence-corrected chi connectivity index (χ1v) is 10.9. The summed E-state index contributed by atoms with van der Waals surface area (Å²) in [5, 5.41) is 11.7. The molecule has 6 nitrogen and oxygen atoms in total. The summed E-state index contributed by atoms with van der Waals surface area (Å²) in [5.74, 6) is -1.07. The van der Waals surface area contributed by atoms with Crippen LogP contribution in [0.5, 0.6) is 0 Å². The lowest BCUT2D eigenvalue weighted by atomic mass is 10.1. The molecule has 0 aromatic heterocycles. The van der Waals surface area contributed by atoms with E-state index >= 15 is 0 Å². The first-order valence-electron chi connectivity index (χ1n) is 8.02. The summed E-state index contributed by atoms with van der Waals surface area (Å²) < 4.78 is 11.1. The number of aliphatic carboxylic acids is 1. The number of carboxylic acid groups (broad SMARTS) is 1. The molecule has 0 aromatic carbocycles. The number of carboxylic acids is 1. The summed E-state index contributed by atoms with van der Waals surface area (Å²) in [4.78, 5) is 22.9. The van der Waals surface area contributed by atoms with Crippen LogP contribution in [0.25, 0.3) is 0 Å². The molecule has 0 aliphatic carbocycles. The van der Waals surface area contributed by atoms with Gasteiger partial charge in [-0.25, -0.2) is 9.59 Å². The Kier molecular flexibility index (Phi) is 7.76. The first kappa shape index (κ1) is 21.9.